The molecule has 4 nitrogen and oxygen atoms in total. The number of nitrogens with zero attached hydrogens (tertiary/aromatic N) is 1. The Labute approximate surface area is 137 Å². The summed E-state index contributed by atoms with van der Waals surface area (Å²) in [5.74, 6) is -0.813. The second-order valence-electron chi connectivity index (χ2n) is 4.84. The average Bonchev–Trinajstić information content (AvgIpc) is 2.82. The van der Waals surface area contributed by atoms with E-state index in [0.29, 0.717) is 4.91 Å². The molecule has 2 amide bonds. The molecule has 1 fully saturated rings. The van der Waals surface area contributed by atoms with Crippen LogP contribution >= 0.6 is 11.8 Å². The minimum absolute atomic E-state index is 0.0717. The lowest BCUT2D eigenvalue weighted by Crippen LogP contribution is -2.33. The highest BCUT2D eigenvalue weighted by atomic mass is 32.2. The van der Waals surface area contributed by atoms with Crippen LogP contribution in [0, 0.1) is 5.82 Å². The van der Waals surface area contributed by atoms with Crippen molar-refractivity contribution in [3.8, 4) is 0 Å². The lowest BCUT2D eigenvalue weighted by Gasteiger charge is -2.14. The van der Waals surface area contributed by atoms with E-state index in [2.05, 4.69) is 5.32 Å². The van der Waals surface area contributed by atoms with E-state index in [-0.39, 0.29) is 23.5 Å². The van der Waals surface area contributed by atoms with Gasteiger partial charge in [0.05, 0.1) is 17.3 Å². The minimum Gasteiger partial charge on any atom is -0.365 e. The zero-order valence-electron chi connectivity index (χ0n) is 12.0. The number of imide groups is 1. The number of rotatable bonds is 4. The van der Waals surface area contributed by atoms with Crippen molar-refractivity contribution in [3.63, 3.8) is 0 Å². The molecular formula is C17H13FN2O2S. The molecule has 1 aliphatic rings. The molecule has 0 radical (unpaired) electrons. The Morgan fingerprint density at radius 3 is 2.48 bits per heavy atom. The molecule has 0 spiro atoms. The van der Waals surface area contributed by atoms with Gasteiger partial charge < -0.3 is 5.32 Å². The van der Waals surface area contributed by atoms with E-state index in [4.69, 9.17) is 0 Å². The Morgan fingerprint density at radius 1 is 1.04 bits per heavy atom. The Hall–Kier alpha value is -2.60. The molecular weight excluding hydrogens is 315 g/mol. The van der Waals surface area contributed by atoms with Crippen molar-refractivity contribution < 1.29 is 14.0 Å². The van der Waals surface area contributed by atoms with Crippen LogP contribution in [0.2, 0.25) is 0 Å². The summed E-state index contributed by atoms with van der Waals surface area (Å²) in [6.45, 7) is -0.0717. The highest BCUT2D eigenvalue weighted by Gasteiger charge is 2.34. The molecule has 2 aromatic rings. The first-order valence-electron chi connectivity index (χ1n) is 6.94. The summed E-state index contributed by atoms with van der Waals surface area (Å²) >= 11 is 0.881. The summed E-state index contributed by atoms with van der Waals surface area (Å²) in [7, 11) is 0. The van der Waals surface area contributed by atoms with Crippen LogP contribution in [0.15, 0.2) is 59.5 Å². The molecule has 0 aromatic heterocycles. The first-order chi connectivity index (χ1) is 11.1. The van der Waals surface area contributed by atoms with E-state index < -0.39 is 5.82 Å². The highest BCUT2D eigenvalue weighted by Crippen LogP contribution is 2.32. The largest absolute Gasteiger partial charge is 0.365 e. The number of carbonyl (C=O) groups is 2. The van der Waals surface area contributed by atoms with E-state index >= 15 is 0 Å². The molecule has 3 rings (SSSR count). The Morgan fingerprint density at radius 2 is 1.74 bits per heavy atom. The van der Waals surface area contributed by atoms with E-state index in [9.17, 15) is 14.0 Å². The Bertz CT molecular complexity index is 777. The van der Waals surface area contributed by atoms with Crippen molar-refractivity contribution in [1.29, 1.82) is 0 Å². The smallest absolute Gasteiger partial charge is 0.295 e. The van der Waals surface area contributed by atoms with Crippen LogP contribution in [0.3, 0.4) is 0 Å². The molecule has 23 heavy (non-hydrogen) atoms. The van der Waals surface area contributed by atoms with Crippen LogP contribution < -0.4 is 5.32 Å². The molecule has 2 aromatic carbocycles. The molecule has 0 saturated carbocycles. The molecule has 0 unspecified atom stereocenters. The summed E-state index contributed by atoms with van der Waals surface area (Å²) in [4.78, 5) is 25.7. The van der Waals surface area contributed by atoms with Crippen molar-refractivity contribution in [2.75, 3.05) is 12.0 Å². The van der Waals surface area contributed by atoms with E-state index in [1.165, 1.54) is 6.07 Å². The summed E-state index contributed by atoms with van der Waals surface area (Å²) in [6, 6.07) is 15.4. The van der Waals surface area contributed by atoms with Crippen molar-refractivity contribution >= 4 is 34.7 Å². The van der Waals surface area contributed by atoms with Gasteiger partial charge in [-0.2, -0.15) is 0 Å². The summed E-state index contributed by atoms with van der Waals surface area (Å²) in [5.41, 5.74) is 1.10. The van der Waals surface area contributed by atoms with Gasteiger partial charge in [0.15, 0.2) is 0 Å². The van der Waals surface area contributed by atoms with Gasteiger partial charge in [-0.05, 0) is 35.5 Å². The Kier molecular flexibility index (Phi) is 4.43. The topological polar surface area (TPSA) is 49.4 Å². The summed E-state index contributed by atoms with van der Waals surface area (Å²) < 4.78 is 13.6. The number of thioether (sulfide) groups is 1. The van der Waals surface area contributed by atoms with Crippen LogP contribution in [-0.2, 0) is 4.79 Å². The second kappa shape index (κ2) is 6.66. The van der Waals surface area contributed by atoms with E-state index in [1.807, 2.05) is 30.3 Å². The van der Waals surface area contributed by atoms with Gasteiger partial charge >= 0.3 is 0 Å². The number of halogens is 1. The number of amides is 2. The van der Waals surface area contributed by atoms with Crippen LogP contribution in [0.4, 0.5) is 14.9 Å². The minimum atomic E-state index is -0.431. The SMILES string of the molecule is O=C1S/C(=C\c2ccccc2)C(=O)N1CNc1ccccc1F. The zero-order chi connectivity index (χ0) is 16.2. The molecule has 116 valence electrons. The number of para-hydroxylation sites is 1. The second-order valence-corrected chi connectivity index (χ2v) is 5.83. The predicted molar refractivity (Wildman–Crippen MR) is 89.1 cm³/mol. The normalized spacial score (nSPS) is 16.2. The van der Waals surface area contributed by atoms with Gasteiger partial charge in [-0.15, -0.1) is 0 Å². The van der Waals surface area contributed by atoms with E-state index in [0.717, 1.165) is 22.2 Å². The molecule has 1 aliphatic heterocycles. The van der Waals surface area contributed by atoms with Gasteiger partial charge in [-0.3, -0.25) is 14.5 Å². The highest BCUT2D eigenvalue weighted by molar-refractivity contribution is 8.18. The third kappa shape index (κ3) is 3.43. The van der Waals surface area contributed by atoms with Crippen LogP contribution in [-0.4, -0.2) is 22.7 Å². The number of carbonyl (C=O) groups excluding carboxylic acids is 2. The third-order valence-electron chi connectivity index (χ3n) is 3.27. The number of anilines is 1. The lowest BCUT2D eigenvalue weighted by atomic mass is 10.2. The van der Waals surface area contributed by atoms with Crippen molar-refractivity contribution in [1.82, 2.24) is 4.90 Å². The van der Waals surface area contributed by atoms with Gasteiger partial charge in [-0.1, -0.05) is 42.5 Å². The standard InChI is InChI=1S/C17H13FN2O2S/c18-13-8-4-5-9-14(13)19-11-20-16(21)15(23-17(20)22)10-12-6-2-1-3-7-12/h1-10,19H,11H2/b15-10-. The maximum atomic E-state index is 13.6. The average molecular weight is 328 g/mol. The number of benzene rings is 2. The maximum absolute atomic E-state index is 13.6. The number of hydrogen-bond donors (Lipinski definition) is 1. The molecule has 1 heterocycles. The molecule has 0 aliphatic carbocycles. The monoisotopic (exact) mass is 328 g/mol. The first-order valence-corrected chi connectivity index (χ1v) is 7.75. The van der Waals surface area contributed by atoms with Crippen molar-refractivity contribution in [2.24, 2.45) is 0 Å². The summed E-state index contributed by atoms with van der Waals surface area (Å²) in [5, 5.41) is 2.39. The Balaban J connectivity index is 1.72. The molecule has 6 heteroatoms. The van der Waals surface area contributed by atoms with Gasteiger partial charge in [0.25, 0.3) is 11.1 Å². The quantitative estimate of drug-likeness (QED) is 0.864. The fourth-order valence-corrected chi connectivity index (χ4v) is 2.94. The van der Waals surface area contributed by atoms with Gasteiger partial charge in [-0.25, -0.2) is 4.39 Å². The maximum Gasteiger partial charge on any atom is 0.295 e. The zero-order valence-corrected chi connectivity index (χ0v) is 12.8. The van der Waals surface area contributed by atoms with Gasteiger partial charge in [0.1, 0.15) is 5.82 Å². The van der Waals surface area contributed by atoms with E-state index in [1.54, 1.807) is 24.3 Å². The van der Waals surface area contributed by atoms with Crippen LogP contribution in [0.5, 0.6) is 0 Å². The fourth-order valence-electron chi connectivity index (χ4n) is 2.11. The van der Waals surface area contributed by atoms with Gasteiger partial charge in [0.2, 0.25) is 0 Å². The predicted octanol–water partition coefficient (Wildman–Crippen LogP) is 3.93. The van der Waals surface area contributed by atoms with Crippen molar-refractivity contribution in [2.45, 2.75) is 0 Å². The van der Waals surface area contributed by atoms with Crippen molar-refractivity contribution in [3.05, 3.63) is 70.9 Å². The molecule has 0 bridgehead atoms. The number of nitrogens with one attached hydrogen (secondary N) is 1. The fraction of sp³-hybridized carbons (Fsp3) is 0.0588. The molecule has 1 N–H and O–H groups in total. The third-order valence-corrected chi connectivity index (χ3v) is 4.18. The van der Waals surface area contributed by atoms with Crippen LogP contribution in [0.25, 0.3) is 6.08 Å². The summed E-state index contributed by atoms with van der Waals surface area (Å²) in [6.07, 6.45) is 1.67. The number of hydrogen-bond acceptors (Lipinski definition) is 4. The van der Waals surface area contributed by atoms with Crippen LogP contribution in [0.1, 0.15) is 5.56 Å². The molecule has 1 saturated heterocycles. The lowest BCUT2D eigenvalue weighted by molar-refractivity contribution is -0.122. The van der Waals surface area contributed by atoms with Gasteiger partial charge in [0, 0.05) is 0 Å². The first kappa shape index (κ1) is 15.3. The molecule has 0 atom stereocenters.